The number of nitrogens with zero attached hydrogens (tertiary/aromatic N) is 2. The predicted octanol–water partition coefficient (Wildman–Crippen LogP) is -0.254. The van der Waals surface area contributed by atoms with Crippen LogP contribution in [0.4, 0.5) is 0 Å². The fraction of sp³-hybridized carbons (Fsp3) is 0.600. The Morgan fingerprint density at radius 3 is 2.75 bits per heavy atom. The lowest BCUT2D eigenvalue weighted by molar-refractivity contribution is -0.121. The summed E-state index contributed by atoms with van der Waals surface area (Å²) in [6, 6.07) is 0.0835. The summed E-state index contributed by atoms with van der Waals surface area (Å²) in [7, 11) is 0. The minimum Gasteiger partial charge on any atom is -0.329 e. The molecule has 1 amide bonds. The highest BCUT2D eigenvalue weighted by atomic mass is 16.1. The third-order valence-electron chi connectivity index (χ3n) is 1.22. The van der Waals surface area contributed by atoms with E-state index in [2.05, 4.69) is 4.85 Å². The van der Waals surface area contributed by atoms with Gasteiger partial charge in [0.1, 0.15) is 0 Å². The van der Waals surface area contributed by atoms with Gasteiger partial charge >= 0.3 is 0 Å². The Balaban J connectivity index is 2.23. The second kappa shape index (κ2) is 1.83. The van der Waals surface area contributed by atoms with Gasteiger partial charge in [0.15, 0.2) is 0 Å². The summed E-state index contributed by atoms with van der Waals surface area (Å²) in [4.78, 5) is 14.7. The van der Waals surface area contributed by atoms with Crippen molar-refractivity contribution in [3.8, 4) is 0 Å². The van der Waals surface area contributed by atoms with Crippen LogP contribution in [0.25, 0.3) is 4.85 Å². The first-order valence-corrected chi connectivity index (χ1v) is 2.42. The highest BCUT2D eigenvalue weighted by molar-refractivity contribution is 5.49. The first-order valence-electron chi connectivity index (χ1n) is 2.42. The van der Waals surface area contributed by atoms with Gasteiger partial charge in [-0.3, -0.25) is 4.79 Å². The molecular formula is C5H6N2O. The lowest BCUT2D eigenvalue weighted by Gasteiger charge is -2.26. The summed E-state index contributed by atoms with van der Waals surface area (Å²) in [5.41, 5.74) is 0. The molecule has 3 heteroatoms. The number of likely N-dealkylation sites (tertiary alicyclic amines) is 1. The molecule has 0 radical (unpaired) electrons. The molecule has 8 heavy (non-hydrogen) atoms. The highest BCUT2D eigenvalue weighted by Crippen LogP contribution is 2.06. The second-order valence-electron chi connectivity index (χ2n) is 1.84. The van der Waals surface area contributed by atoms with Crippen LogP contribution in [0.1, 0.15) is 0 Å². The molecule has 0 aliphatic carbocycles. The van der Waals surface area contributed by atoms with E-state index in [1.54, 1.807) is 4.90 Å². The predicted molar refractivity (Wildman–Crippen MR) is 28.0 cm³/mol. The number of carbonyl (C=O) groups excluding carboxylic acids is 1. The van der Waals surface area contributed by atoms with Crippen molar-refractivity contribution in [1.29, 1.82) is 0 Å². The highest BCUT2D eigenvalue weighted by Gasteiger charge is 2.29. The molecule has 1 saturated heterocycles. The molecule has 42 valence electrons. The van der Waals surface area contributed by atoms with Crippen molar-refractivity contribution in [2.45, 2.75) is 6.04 Å². The van der Waals surface area contributed by atoms with Gasteiger partial charge in [0, 0.05) is 0 Å². The molecule has 0 saturated carbocycles. The molecule has 0 bridgehead atoms. The first-order chi connectivity index (χ1) is 3.86. The number of amides is 1. The van der Waals surface area contributed by atoms with Gasteiger partial charge in [-0.2, -0.15) is 0 Å². The van der Waals surface area contributed by atoms with E-state index >= 15 is 0 Å². The summed E-state index contributed by atoms with van der Waals surface area (Å²) in [5.74, 6) is 0. The molecule has 0 atom stereocenters. The van der Waals surface area contributed by atoms with E-state index in [4.69, 9.17) is 6.57 Å². The summed E-state index contributed by atoms with van der Waals surface area (Å²) in [6.07, 6.45) is 0.779. The molecule has 0 aromatic rings. The van der Waals surface area contributed by atoms with Crippen LogP contribution in [-0.2, 0) is 4.79 Å². The molecule has 1 rings (SSSR count). The Bertz CT molecular complexity index is 132. The number of hydrogen-bond acceptors (Lipinski definition) is 1. The van der Waals surface area contributed by atoms with Crippen molar-refractivity contribution >= 4 is 6.41 Å². The van der Waals surface area contributed by atoms with Crippen molar-refractivity contribution < 1.29 is 4.79 Å². The van der Waals surface area contributed by atoms with Crippen LogP contribution in [-0.4, -0.2) is 30.4 Å². The number of hydrogen-bond donors (Lipinski definition) is 0. The van der Waals surface area contributed by atoms with Crippen LogP contribution in [0, 0.1) is 6.57 Å². The van der Waals surface area contributed by atoms with E-state index in [1.165, 1.54) is 0 Å². The van der Waals surface area contributed by atoms with Crippen LogP contribution >= 0.6 is 0 Å². The zero-order chi connectivity index (χ0) is 5.98. The average Bonchev–Trinajstić information content (AvgIpc) is 1.65. The van der Waals surface area contributed by atoms with Gasteiger partial charge in [-0.25, -0.2) is 6.57 Å². The lowest BCUT2D eigenvalue weighted by Crippen LogP contribution is -2.47. The lowest BCUT2D eigenvalue weighted by atomic mass is 10.1. The fourth-order valence-electron chi connectivity index (χ4n) is 0.656. The minimum atomic E-state index is 0.0835. The zero-order valence-electron chi connectivity index (χ0n) is 4.37. The summed E-state index contributed by atoms with van der Waals surface area (Å²) in [6.45, 7) is 7.77. The van der Waals surface area contributed by atoms with Crippen LogP contribution < -0.4 is 0 Å². The average molecular weight is 110 g/mol. The number of carbonyl (C=O) groups is 1. The largest absolute Gasteiger partial charge is 0.329 e. The second-order valence-corrected chi connectivity index (χ2v) is 1.84. The zero-order valence-corrected chi connectivity index (χ0v) is 4.37. The van der Waals surface area contributed by atoms with Crippen LogP contribution in [0.2, 0.25) is 0 Å². The Hall–Kier alpha value is -1.04. The third-order valence-corrected chi connectivity index (χ3v) is 1.22. The molecule has 1 fully saturated rings. The number of rotatable bonds is 1. The van der Waals surface area contributed by atoms with E-state index in [9.17, 15) is 4.79 Å². The molecular weight excluding hydrogens is 104 g/mol. The first kappa shape index (κ1) is 5.10. The maximum atomic E-state index is 9.87. The molecule has 0 aromatic carbocycles. The van der Waals surface area contributed by atoms with Crippen molar-refractivity contribution in [2.24, 2.45) is 0 Å². The van der Waals surface area contributed by atoms with Gasteiger partial charge in [0.2, 0.25) is 6.41 Å². The standard InChI is InChI=1S/C5H6N2O/c1-6-5-2-7(3-5)4-8/h4-5H,2-3H2. The molecule has 1 aliphatic heterocycles. The van der Waals surface area contributed by atoms with E-state index < -0.39 is 0 Å². The van der Waals surface area contributed by atoms with Crippen LogP contribution in [0.5, 0.6) is 0 Å². The Morgan fingerprint density at radius 2 is 2.38 bits per heavy atom. The van der Waals surface area contributed by atoms with Crippen LogP contribution in [0.15, 0.2) is 0 Å². The van der Waals surface area contributed by atoms with E-state index in [1.807, 2.05) is 0 Å². The third kappa shape index (κ3) is 0.648. The van der Waals surface area contributed by atoms with E-state index in [0.29, 0.717) is 13.1 Å². The Kier molecular flexibility index (Phi) is 1.17. The summed E-state index contributed by atoms with van der Waals surface area (Å²) < 4.78 is 0. The Labute approximate surface area is 47.7 Å². The topological polar surface area (TPSA) is 24.7 Å². The van der Waals surface area contributed by atoms with Gasteiger partial charge in [-0.15, -0.1) is 0 Å². The fourth-order valence-corrected chi connectivity index (χ4v) is 0.656. The maximum absolute atomic E-state index is 9.87. The van der Waals surface area contributed by atoms with Crippen molar-refractivity contribution in [3.63, 3.8) is 0 Å². The smallest absolute Gasteiger partial charge is 0.258 e. The SMILES string of the molecule is [C-]#[N+]C1CN(C=O)C1. The van der Waals surface area contributed by atoms with Crippen molar-refractivity contribution in [3.05, 3.63) is 11.4 Å². The molecule has 0 unspecified atom stereocenters. The van der Waals surface area contributed by atoms with Crippen molar-refractivity contribution in [2.75, 3.05) is 13.1 Å². The normalized spacial score (nSPS) is 19.1. The summed E-state index contributed by atoms with van der Waals surface area (Å²) in [5, 5.41) is 0. The molecule has 1 aliphatic rings. The maximum Gasteiger partial charge on any atom is 0.258 e. The molecule has 3 nitrogen and oxygen atoms in total. The van der Waals surface area contributed by atoms with Gasteiger partial charge in [-0.1, -0.05) is 0 Å². The van der Waals surface area contributed by atoms with Gasteiger partial charge in [0.25, 0.3) is 6.04 Å². The minimum absolute atomic E-state index is 0.0835. The molecule has 0 N–H and O–H groups in total. The Morgan fingerprint density at radius 1 is 1.75 bits per heavy atom. The summed E-state index contributed by atoms with van der Waals surface area (Å²) >= 11 is 0. The van der Waals surface area contributed by atoms with Gasteiger partial charge in [0.05, 0.1) is 13.1 Å². The quantitative estimate of drug-likeness (QED) is 0.337. The van der Waals surface area contributed by atoms with Gasteiger partial charge in [-0.05, 0) is 0 Å². The van der Waals surface area contributed by atoms with E-state index in [0.717, 1.165) is 6.41 Å². The molecule has 1 heterocycles. The van der Waals surface area contributed by atoms with E-state index in [-0.39, 0.29) is 6.04 Å². The van der Waals surface area contributed by atoms with Crippen molar-refractivity contribution in [1.82, 2.24) is 4.90 Å². The van der Waals surface area contributed by atoms with Crippen LogP contribution in [0.3, 0.4) is 0 Å². The molecule has 0 spiro atoms. The monoisotopic (exact) mass is 110 g/mol. The molecule has 0 aromatic heterocycles. The van der Waals surface area contributed by atoms with Gasteiger partial charge < -0.3 is 9.74 Å².